The summed E-state index contributed by atoms with van der Waals surface area (Å²) < 4.78 is 19.9. The third-order valence-corrected chi connectivity index (χ3v) is 5.41. The van der Waals surface area contributed by atoms with Gasteiger partial charge in [0.15, 0.2) is 0 Å². The lowest BCUT2D eigenvalue weighted by molar-refractivity contribution is -0.0865. The largest absolute Gasteiger partial charge is 0.380 e. The van der Waals surface area contributed by atoms with E-state index in [9.17, 15) is 4.39 Å². The van der Waals surface area contributed by atoms with Crippen LogP contribution in [0.25, 0.3) is 0 Å². The smallest absolute Gasteiger partial charge is 0.146 e. The summed E-state index contributed by atoms with van der Waals surface area (Å²) in [6, 6.07) is 4.92. The maximum absolute atomic E-state index is 13.8. The van der Waals surface area contributed by atoms with Crippen molar-refractivity contribution in [1.82, 2.24) is 0 Å². The number of anilines is 1. The zero-order valence-electron chi connectivity index (χ0n) is 11.3. The highest BCUT2D eigenvalue weighted by atomic mass is 35.5. The Kier molecular flexibility index (Phi) is 4.43. The van der Waals surface area contributed by atoms with Crippen LogP contribution in [0.3, 0.4) is 0 Å². The van der Waals surface area contributed by atoms with Gasteiger partial charge in [0, 0.05) is 17.7 Å². The molecule has 1 aromatic carbocycles. The number of ether oxygens (including phenoxy) is 1. The van der Waals surface area contributed by atoms with E-state index >= 15 is 0 Å². The molecule has 2 saturated heterocycles. The van der Waals surface area contributed by atoms with E-state index < -0.39 is 0 Å². The molecule has 2 nitrogen and oxygen atoms in total. The minimum atomic E-state index is -0.242. The maximum atomic E-state index is 13.8. The molecule has 1 spiro atoms. The molecule has 2 aliphatic rings. The molecule has 0 amide bonds. The van der Waals surface area contributed by atoms with Crippen LogP contribution in [0, 0.1) is 5.82 Å². The van der Waals surface area contributed by atoms with Crippen molar-refractivity contribution in [3.05, 3.63) is 29.0 Å². The van der Waals surface area contributed by atoms with Crippen LogP contribution in [0.1, 0.15) is 25.7 Å². The van der Waals surface area contributed by atoms with E-state index in [4.69, 9.17) is 16.3 Å². The molecule has 0 radical (unpaired) electrons. The van der Waals surface area contributed by atoms with Crippen molar-refractivity contribution in [2.45, 2.75) is 37.3 Å². The molecule has 0 bridgehead atoms. The van der Waals surface area contributed by atoms with Crippen molar-refractivity contribution in [3.8, 4) is 0 Å². The van der Waals surface area contributed by atoms with Gasteiger partial charge < -0.3 is 10.1 Å². The molecule has 20 heavy (non-hydrogen) atoms. The number of nitrogens with one attached hydrogen (secondary N) is 1. The van der Waals surface area contributed by atoms with Crippen LogP contribution in [-0.4, -0.2) is 29.8 Å². The minimum Gasteiger partial charge on any atom is -0.380 e. The zero-order valence-corrected chi connectivity index (χ0v) is 12.9. The van der Waals surface area contributed by atoms with Crippen molar-refractivity contribution in [2.24, 2.45) is 0 Å². The fourth-order valence-electron chi connectivity index (χ4n) is 3.07. The van der Waals surface area contributed by atoms with Gasteiger partial charge in [-0.05, 0) is 55.4 Å². The SMILES string of the molecule is Fc1ccc(Cl)cc1NC1CCOC2(CCSCC2)C1. The molecule has 1 aromatic rings. The standard InChI is InChI=1S/C15H19ClFNOS/c16-11-1-2-13(17)14(9-11)18-12-3-6-19-15(10-12)4-7-20-8-5-15/h1-2,9,12,18H,3-8,10H2. The third-order valence-electron chi connectivity index (χ3n) is 4.19. The van der Waals surface area contributed by atoms with Crippen LogP contribution < -0.4 is 5.32 Å². The molecule has 0 aliphatic carbocycles. The van der Waals surface area contributed by atoms with Gasteiger partial charge in [0.25, 0.3) is 0 Å². The Hall–Kier alpha value is -0.450. The number of benzene rings is 1. The molecule has 0 saturated carbocycles. The first kappa shape index (κ1) is 14.5. The van der Waals surface area contributed by atoms with Crippen LogP contribution in [0.4, 0.5) is 10.1 Å². The van der Waals surface area contributed by atoms with Gasteiger partial charge in [0.2, 0.25) is 0 Å². The van der Waals surface area contributed by atoms with Gasteiger partial charge in [-0.2, -0.15) is 11.8 Å². The first-order valence-electron chi connectivity index (χ1n) is 7.10. The third kappa shape index (κ3) is 3.23. The summed E-state index contributed by atoms with van der Waals surface area (Å²) in [6.45, 7) is 0.754. The van der Waals surface area contributed by atoms with Crippen molar-refractivity contribution in [2.75, 3.05) is 23.4 Å². The number of thioether (sulfide) groups is 1. The molecule has 2 fully saturated rings. The summed E-state index contributed by atoms with van der Waals surface area (Å²) in [6.07, 6.45) is 4.09. The van der Waals surface area contributed by atoms with Gasteiger partial charge in [-0.1, -0.05) is 11.6 Å². The van der Waals surface area contributed by atoms with Crippen LogP contribution in [0.15, 0.2) is 18.2 Å². The normalized spacial score (nSPS) is 25.6. The second kappa shape index (κ2) is 6.12. The number of hydrogen-bond donors (Lipinski definition) is 1. The highest BCUT2D eigenvalue weighted by Crippen LogP contribution is 2.38. The molecule has 2 heterocycles. The number of rotatable bonds is 2. The Morgan fingerprint density at radius 3 is 2.95 bits per heavy atom. The fraction of sp³-hybridized carbons (Fsp3) is 0.600. The molecular formula is C15H19ClFNOS. The molecule has 5 heteroatoms. The predicted octanol–water partition coefficient (Wildman–Crippen LogP) is 4.34. The Morgan fingerprint density at radius 2 is 2.15 bits per heavy atom. The van der Waals surface area contributed by atoms with Crippen molar-refractivity contribution >= 4 is 29.1 Å². The van der Waals surface area contributed by atoms with Crippen LogP contribution in [0.2, 0.25) is 5.02 Å². The number of hydrogen-bond acceptors (Lipinski definition) is 3. The van der Waals surface area contributed by atoms with Crippen LogP contribution >= 0.6 is 23.4 Å². The Labute approximate surface area is 128 Å². The van der Waals surface area contributed by atoms with Gasteiger partial charge in [0.05, 0.1) is 11.3 Å². The van der Waals surface area contributed by atoms with Gasteiger partial charge in [-0.25, -0.2) is 4.39 Å². The van der Waals surface area contributed by atoms with E-state index in [0.717, 1.165) is 43.8 Å². The first-order chi connectivity index (χ1) is 9.67. The highest BCUT2D eigenvalue weighted by molar-refractivity contribution is 7.99. The average Bonchev–Trinajstić information content (AvgIpc) is 2.44. The zero-order chi connectivity index (χ0) is 14.0. The van der Waals surface area contributed by atoms with Crippen LogP contribution in [-0.2, 0) is 4.74 Å². The van der Waals surface area contributed by atoms with E-state index in [1.54, 1.807) is 12.1 Å². The van der Waals surface area contributed by atoms with E-state index in [-0.39, 0.29) is 17.5 Å². The lowest BCUT2D eigenvalue weighted by Gasteiger charge is -2.43. The van der Waals surface area contributed by atoms with E-state index in [2.05, 4.69) is 5.32 Å². The summed E-state index contributed by atoms with van der Waals surface area (Å²) >= 11 is 7.94. The molecular weight excluding hydrogens is 297 g/mol. The summed E-state index contributed by atoms with van der Waals surface area (Å²) in [4.78, 5) is 0. The van der Waals surface area contributed by atoms with Gasteiger partial charge >= 0.3 is 0 Å². The first-order valence-corrected chi connectivity index (χ1v) is 8.63. The molecule has 2 aliphatic heterocycles. The number of halogens is 2. The molecule has 3 rings (SSSR count). The predicted molar refractivity (Wildman–Crippen MR) is 83.3 cm³/mol. The van der Waals surface area contributed by atoms with E-state index in [0.29, 0.717) is 10.7 Å². The molecule has 1 N–H and O–H groups in total. The quantitative estimate of drug-likeness (QED) is 0.877. The second-order valence-corrected chi connectivity index (χ2v) is 7.26. The molecule has 1 atom stereocenters. The Bertz CT molecular complexity index is 473. The topological polar surface area (TPSA) is 21.3 Å². The lowest BCUT2D eigenvalue weighted by Crippen LogP contribution is -2.46. The monoisotopic (exact) mass is 315 g/mol. The second-order valence-electron chi connectivity index (χ2n) is 5.60. The Morgan fingerprint density at radius 1 is 1.35 bits per heavy atom. The van der Waals surface area contributed by atoms with Gasteiger partial charge in [0.1, 0.15) is 5.82 Å². The van der Waals surface area contributed by atoms with Crippen molar-refractivity contribution < 1.29 is 9.13 Å². The summed E-state index contributed by atoms with van der Waals surface area (Å²) in [7, 11) is 0. The van der Waals surface area contributed by atoms with E-state index in [1.807, 2.05) is 11.8 Å². The minimum absolute atomic E-state index is 0.0101. The average molecular weight is 316 g/mol. The van der Waals surface area contributed by atoms with Crippen molar-refractivity contribution in [1.29, 1.82) is 0 Å². The highest BCUT2D eigenvalue weighted by Gasteiger charge is 2.38. The fourth-order valence-corrected chi connectivity index (χ4v) is 4.48. The molecule has 1 unspecified atom stereocenters. The van der Waals surface area contributed by atoms with E-state index in [1.165, 1.54) is 6.07 Å². The molecule has 110 valence electrons. The maximum Gasteiger partial charge on any atom is 0.146 e. The summed E-state index contributed by atoms with van der Waals surface area (Å²) in [5.74, 6) is 2.09. The van der Waals surface area contributed by atoms with Gasteiger partial charge in [-0.15, -0.1) is 0 Å². The van der Waals surface area contributed by atoms with Crippen LogP contribution in [0.5, 0.6) is 0 Å². The summed E-state index contributed by atoms with van der Waals surface area (Å²) in [5, 5.41) is 3.88. The Balaban J connectivity index is 1.69. The summed E-state index contributed by atoms with van der Waals surface area (Å²) in [5.41, 5.74) is 0.515. The van der Waals surface area contributed by atoms with Crippen molar-refractivity contribution in [3.63, 3.8) is 0 Å². The molecule has 0 aromatic heterocycles. The van der Waals surface area contributed by atoms with Gasteiger partial charge in [-0.3, -0.25) is 0 Å². The lowest BCUT2D eigenvalue weighted by atomic mass is 9.85.